The van der Waals surface area contributed by atoms with Crippen LogP contribution in [0.1, 0.15) is 121 Å². The quantitative estimate of drug-likeness (QED) is 0.202. The van der Waals surface area contributed by atoms with Gasteiger partial charge in [0.25, 0.3) is 0 Å². The molecule has 0 aromatic heterocycles. The Morgan fingerprint density at radius 2 is 1.63 bits per heavy atom. The van der Waals surface area contributed by atoms with Crippen LogP contribution in [0.5, 0.6) is 0 Å². The fourth-order valence-electron chi connectivity index (χ4n) is 7.45. The molecule has 5 nitrogen and oxygen atoms in total. The van der Waals surface area contributed by atoms with E-state index in [0.29, 0.717) is 49.9 Å². The van der Waals surface area contributed by atoms with Gasteiger partial charge in [0, 0.05) is 17.9 Å². The van der Waals surface area contributed by atoms with E-state index in [9.17, 15) is 9.90 Å². The number of aliphatic hydroxyl groups is 1. The lowest BCUT2D eigenvalue weighted by molar-refractivity contribution is -0.181. The summed E-state index contributed by atoms with van der Waals surface area (Å²) < 4.78 is 6.48. The van der Waals surface area contributed by atoms with Gasteiger partial charge in [0.05, 0.1) is 11.0 Å². The molecular weight excluding hydrogens is 512 g/mol. The van der Waals surface area contributed by atoms with Gasteiger partial charge in [0.1, 0.15) is 11.9 Å². The zero-order valence-electron chi connectivity index (χ0n) is 27.5. The highest BCUT2D eigenvalue weighted by atomic mass is 16.5. The summed E-state index contributed by atoms with van der Waals surface area (Å²) in [7, 11) is 0. The van der Waals surface area contributed by atoms with E-state index in [1.165, 1.54) is 11.1 Å². The summed E-state index contributed by atoms with van der Waals surface area (Å²) in [6.45, 7) is 21.5. The number of ether oxygens (including phenoxy) is 1. The van der Waals surface area contributed by atoms with Crippen LogP contribution in [0, 0.1) is 28.1 Å². The third-order valence-electron chi connectivity index (χ3n) is 10.2. The molecule has 0 amide bonds. The van der Waals surface area contributed by atoms with Gasteiger partial charge in [-0.25, -0.2) is 0 Å². The summed E-state index contributed by atoms with van der Waals surface area (Å²) in [5.41, 5.74) is -1.14. The Kier molecular flexibility index (Phi) is 9.55. The summed E-state index contributed by atoms with van der Waals surface area (Å²) in [5, 5.41) is 11.0. The fraction of sp³-hybridized carbons (Fsp3) is 0.694. The summed E-state index contributed by atoms with van der Waals surface area (Å²) in [6, 6.07) is 0. The van der Waals surface area contributed by atoms with Gasteiger partial charge in [0.15, 0.2) is 22.8 Å². The van der Waals surface area contributed by atoms with E-state index in [0.717, 1.165) is 5.57 Å². The number of Topliss-reactive ketones (excluding diaryl/α,β-unsaturated/α-hetero) is 3. The molecule has 1 fully saturated rings. The van der Waals surface area contributed by atoms with Crippen molar-refractivity contribution in [3.05, 3.63) is 46.3 Å². The van der Waals surface area contributed by atoms with Crippen molar-refractivity contribution < 1.29 is 24.2 Å². The standard InChI is InChI=1S/C36H54O5/c1-12-25(8)29(37)36-30(38)27-20-28(33(9,10)40)41-31(27)35(32(36)39,19-17-24(6)7)21-26(16-15-23(4)5)34(36,11)18-13-14-22(2)3/h14-15,17,25-26,28,40H,12-13,16,18-21H2,1-11H3/t25-,26+,28+,34-,35-,36+/m1/s1. The topological polar surface area (TPSA) is 80.7 Å². The lowest BCUT2D eigenvalue weighted by Crippen LogP contribution is -2.70. The molecule has 0 unspecified atom stereocenters. The zero-order chi connectivity index (χ0) is 31.1. The van der Waals surface area contributed by atoms with Crippen LogP contribution in [0.4, 0.5) is 0 Å². The molecule has 1 aliphatic heterocycles. The summed E-state index contributed by atoms with van der Waals surface area (Å²) in [5.74, 6) is -1.01. The Morgan fingerprint density at radius 3 is 2.15 bits per heavy atom. The molecule has 0 aromatic carbocycles. The lowest BCUT2D eigenvalue weighted by atomic mass is 9.38. The second-order valence-corrected chi connectivity index (χ2v) is 14.6. The Bertz CT molecular complexity index is 1190. The van der Waals surface area contributed by atoms with E-state index in [1.807, 2.05) is 34.6 Å². The van der Waals surface area contributed by atoms with Crippen molar-refractivity contribution in [3.8, 4) is 0 Å². The maximum Gasteiger partial charge on any atom is 0.184 e. The number of ketones is 3. The number of allylic oxidation sites excluding steroid dienone is 7. The number of rotatable bonds is 11. The second-order valence-electron chi connectivity index (χ2n) is 14.6. The minimum atomic E-state index is -1.79. The molecule has 0 aromatic rings. The van der Waals surface area contributed by atoms with Crippen LogP contribution in [0.2, 0.25) is 0 Å². The van der Waals surface area contributed by atoms with E-state index < -0.39 is 33.9 Å². The van der Waals surface area contributed by atoms with E-state index >= 15 is 9.59 Å². The van der Waals surface area contributed by atoms with Crippen molar-refractivity contribution in [2.24, 2.45) is 28.1 Å². The molecule has 5 heteroatoms. The Labute approximate surface area is 248 Å². The normalized spacial score (nSPS) is 31.7. The molecular formula is C36H54O5. The fourth-order valence-corrected chi connectivity index (χ4v) is 7.45. The molecule has 3 aliphatic rings. The monoisotopic (exact) mass is 566 g/mol. The molecule has 6 atom stereocenters. The van der Waals surface area contributed by atoms with Crippen molar-refractivity contribution in [1.29, 1.82) is 0 Å². The molecule has 0 radical (unpaired) electrons. The minimum absolute atomic E-state index is 0.0954. The number of carbonyl (C=O) groups excluding carboxylic acids is 3. The maximum absolute atomic E-state index is 15.4. The average Bonchev–Trinajstić information content (AvgIpc) is 3.33. The first kappa shape index (κ1) is 33.2. The van der Waals surface area contributed by atoms with Crippen LogP contribution in [-0.2, 0) is 19.1 Å². The van der Waals surface area contributed by atoms with Crippen molar-refractivity contribution in [2.45, 2.75) is 133 Å². The lowest BCUT2D eigenvalue weighted by Gasteiger charge is -2.61. The molecule has 0 spiro atoms. The molecule has 1 heterocycles. The van der Waals surface area contributed by atoms with Crippen LogP contribution in [0.25, 0.3) is 0 Å². The van der Waals surface area contributed by atoms with Gasteiger partial charge in [0.2, 0.25) is 0 Å². The average molecular weight is 567 g/mol. The first-order chi connectivity index (χ1) is 18.9. The van der Waals surface area contributed by atoms with Crippen molar-refractivity contribution in [3.63, 3.8) is 0 Å². The van der Waals surface area contributed by atoms with Crippen LogP contribution in [0.3, 0.4) is 0 Å². The highest BCUT2D eigenvalue weighted by Crippen LogP contribution is 2.69. The van der Waals surface area contributed by atoms with E-state index in [-0.39, 0.29) is 29.7 Å². The third-order valence-corrected chi connectivity index (χ3v) is 10.2. The third kappa shape index (κ3) is 5.48. The predicted octanol–water partition coefficient (Wildman–Crippen LogP) is 8.03. The smallest absolute Gasteiger partial charge is 0.184 e. The SMILES string of the molecule is CC[C@@H](C)C(=O)[C@@]12C(=O)C3=C(O[C@H](C(C)(C)O)C3)[C@@](CC=C(C)C)(C[C@H](CC=C(C)C)[C@@]1(C)CCC=C(C)C)C2=O. The highest BCUT2D eigenvalue weighted by molar-refractivity contribution is 6.33. The molecule has 3 rings (SSSR count). The molecule has 0 saturated heterocycles. The van der Waals surface area contributed by atoms with Gasteiger partial charge in [-0.1, -0.05) is 55.7 Å². The summed E-state index contributed by atoms with van der Waals surface area (Å²) >= 11 is 0. The highest BCUT2D eigenvalue weighted by Gasteiger charge is 2.77. The molecule has 2 aliphatic carbocycles. The first-order valence-electron chi connectivity index (χ1n) is 15.6. The number of carbonyl (C=O) groups is 3. The second kappa shape index (κ2) is 11.8. The maximum atomic E-state index is 15.4. The van der Waals surface area contributed by atoms with E-state index in [1.54, 1.807) is 13.8 Å². The van der Waals surface area contributed by atoms with Crippen molar-refractivity contribution in [1.82, 2.24) is 0 Å². The number of hydrogen-bond donors (Lipinski definition) is 1. The van der Waals surface area contributed by atoms with E-state index in [2.05, 4.69) is 45.9 Å². The van der Waals surface area contributed by atoms with Gasteiger partial charge in [-0.3, -0.25) is 14.4 Å². The number of hydrogen-bond acceptors (Lipinski definition) is 5. The summed E-state index contributed by atoms with van der Waals surface area (Å²) in [6.07, 6.45) is 9.33. The van der Waals surface area contributed by atoms with Gasteiger partial charge in [-0.15, -0.1) is 0 Å². The van der Waals surface area contributed by atoms with Gasteiger partial charge in [-0.05, 0) is 105 Å². The predicted molar refractivity (Wildman–Crippen MR) is 165 cm³/mol. The molecule has 41 heavy (non-hydrogen) atoms. The first-order valence-corrected chi connectivity index (χ1v) is 15.6. The van der Waals surface area contributed by atoms with Crippen LogP contribution < -0.4 is 0 Å². The Balaban J connectivity index is 2.45. The van der Waals surface area contributed by atoms with Gasteiger partial charge < -0.3 is 9.84 Å². The molecule has 1 saturated carbocycles. The van der Waals surface area contributed by atoms with Gasteiger partial charge >= 0.3 is 0 Å². The Morgan fingerprint density at radius 1 is 1.05 bits per heavy atom. The van der Waals surface area contributed by atoms with Crippen LogP contribution in [-0.4, -0.2) is 34.2 Å². The van der Waals surface area contributed by atoms with E-state index in [4.69, 9.17) is 4.74 Å². The largest absolute Gasteiger partial charge is 0.490 e. The van der Waals surface area contributed by atoms with Gasteiger partial charge in [-0.2, -0.15) is 0 Å². The van der Waals surface area contributed by atoms with Crippen LogP contribution in [0.15, 0.2) is 46.3 Å². The zero-order valence-corrected chi connectivity index (χ0v) is 27.5. The summed E-state index contributed by atoms with van der Waals surface area (Å²) in [4.78, 5) is 45.2. The van der Waals surface area contributed by atoms with Crippen LogP contribution >= 0.6 is 0 Å². The minimum Gasteiger partial charge on any atom is -0.490 e. The van der Waals surface area contributed by atoms with Crippen molar-refractivity contribution >= 4 is 17.3 Å². The Hall–Kier alpha value is -2.27. The number of fused-ring (bicyclic) bond motifs is 3. The van der Waals surface area contributed by atoms with Crippen molar-refractivity contribution in [2.75, 3.05) is 0 Å². The molecule has 2 bridgehead atoms. The molecule has 228 valence electrons. The molecule has 1 N–H and O–H groups in total.